The molecule has 1 heterocycles. The number of nitrogens with zero attached hydrogens (tertiary/aromatic N) is 1. The number of aromatic nitrogens is 2. The zero-order chi connectivity index (χ0) is 16.2. The largest absolute Gasteiger partial charge is 0.364 e. The Hall–Kier alpha value is -2.19. The molecule has 118 valence electrons. The van der Waals surface area contributed by atoms with Crippen molar-refractivity contribution in [3.05, 3.63) is 36.0 Å². The summed E-state index contributed by atoms with van der Waals surface area (Å²) in [6.45, 7) is 2.28. The van der Waals surface area contributed by atoms with E-state index in [9.17, 15) is 13.2 Å². The van der Waals surface area contributed by atoms with E-state index in [0.717, 1.165) is 12.8 Å². The predicted molar refractivity (Wildman–Crippen MR) is 82.6 cm³/mol. The maximum Gasteiger partial charge on any atom is 0.269 e. The van der Waals surface area contributed by atoms with Gasteiger partial charge in [0, 0.05) is 6.54 Å². The van der Waals surface area contributed by atoms with Crippen LogP contribution in [0.1, 0.15) is 30.3 Å². The van der Waals surface area contributed by atoms with Gasteiger partial charge in [-0.05, 0) is 12.0 Å². The zero-order valence-electron chi connectivity index (χ0n) is 12.2. The fourth-order valence-electron chi connectivity index (χ4n) is 2.03. The van der Waals surface area contributed by atoms with Crippen molar-refractivity contribution in [2.24, 2.45) is 5.73 Å². The van der Waals surface area contributed by atoms with Gasteiger partial charge in [-0.2, -0.15) is 5.10 Å². The lowest BCUT2D eigenvalue weighted by molar-refractivity contribution is 0.0996. The molecule has 1 aromatic heterocycles. The van der Waals surface area contributed by atoms with E-state index in [2.05, 4.69) is 14.9 Å². The minimum Gasteiger partial charge on any atom is -0.364 e. The maximum absolute atomic E-state index is 12.4. The first-order valence-corrected chi connectivity index (χ1v) is 8.39. The predicted octanol–water partition coefficient (Wildman–Crippen LogP) is 1.25. The summed E-state index contributed by atoms with van der Waals surface area (Å²) in [5.74, 6) is -0.787. The van der Waals surface area contributed by atoms with Gasteiger partial charge >= 0.3 is 0 Å². The highest BCUT2D eigenvalue weighted by Crippen LogP contribution is 2.28. The van der Waals surface area contributed by atoms with Crippen molar-refractivity contribution in [3.8, 4) is 11.1 Å². The molecule has 0 atom stereocenters. The van der Waals surface area contributed by atoms with Crippen molar-refractivity contribution in [1.82, 2.24) is 14.9 Å². The summed E-state index contributed by atoms with van der Waals surface area (Å²) in [5.41, 5.74) is 5.95. The minimum atomic E-state index is -3.80. The van der Waals surface area contributed by atoms with E-state index in [4.69, 9.17) is 5.73 Å². The maximum atomic E-state index is 12.4. The Morgan fingerprint density at radius 3 is 2.59 bits per heavy atom. The fraction of sp³-hybridized carbons (Fsp3) is 0.286. The van der Waals surface area contributed by atoms with E-state index >= 15 is 0 Å². The molecule has 0 aliphatic rings. The highest BCUT2D eigenvalue weighted by Gasteiger charge is 2.27. The Kier molecular flexibility index (Phi) is 4.94. The van der Waals surface area contributed by atoms with E-state index in [0.29, 0.717) is 12.1 Å². The second-order valence-corrected chi connectivity index (χ2v) is 6.46. The van der Waals surface area contributed by atoms with Crippen LogP contribution in [0, 0.1) is 0 Å². The van der Waals surface area contributed by atoms with Crippen molar-refractivity contribution in [1.29, 1.82) is 0 Å². The summed E-state index contributed by atoms with van der Waals surface area (Å²) in [6.07, 6.45) is 1.58. The van der Waals surface area contributed by atoms with Crippen LogP contribution < -0.4 is 10.5 Å². The number of rotatable bonds is 7. The Bertz CT molecular complexity index is 754. The first-order chi connectivity index (χ1) is 10.5. The molecular formula is C14H18N4O3S. The van der Waals surface area contributed by atoms with Crippen LogP contribution in [-0.2, 0) is 10.0 Å². The first-order valence-electron chi connectivity index (χ1n) is 6.90. The molecular weight excluding hydrogens is 304 g/mol. The van der Waals surface area contributed by atoms with Crippen LogP contribution in [0.2, 0.25) is 0 Å². The van der Waals surface area contributed by atoms with E-state index in [-0.39, 0.29) is 16.3 Å². The van der Waals surface area contributed by atoms with Gasteiger partial charge in [0.05, 0.1) is 5.56 Å². The van der Waals surface area contributed by atoms with Crippen LogP contribution in [0.15, 0.2) is 35.4 Å². The molecule has 0 unspecified atom stereocenters. The highest BCUT2D eigenvalue weighted by atomic mass is 32.2. The Balaban J connectivity index is 2.51. The quantitative estimate of drug-likeness (QED) is 0.665. The Morgan fingerprint density at radius 2 is 2.00 bits per heavy atom. The monoisotopic (exact) mass is 322 g/mol. The van der Waals surface area contributed by atoms with Crippen LogP contribution in [0.4, 0.5) is 0 Å². The van der Waals surface area contributed by atoms with Crippen LogP contribution in [-0.4, -0.2) is 31.1 Å². The molecule has 0 bridgehead atoms. The SMILES string of the molecule is CCCCNS(=O)(=O)c1[nH]nc(C(N)=O)c1-c1ccccc1. The van der Waals surface area contributed by atoms with Gasteiger partial charge in [0.1, 0.15) is 0 Å². The van der Waals surface area contributed by atoms with Crippen LogP contribution in [0.5, 0.6) is 0 Å². The van der Waals surface area contributed by atoms with E-state index in [1.807, 2.05) is 6.92 Å². The number of unbranched alkanes of at least 4 members (excludes halogenated alkanes) is 1. The minimum absolute atomic E-state index is 0.0953. The number of benzene rings is 1. The lowest BCUT2D eigenvalue weighted by Gasteiger charge is -2.07. The number of nitrogens with two attached hydrogens (primary N) is 1. The summed E-state index contributed by atoms with van der Waals surface area (Å²) >= 11 is 0. The number of hydrogen-bond acceptors (Lipinski definition) is 4. The number of aromatic amines is 1. The van der Waals surface area contributed by atoms with Gasteiger partial charge in [-0.15, -0.1) is 0 Å². The zero-order valence-corrected chi connectivity index (χ0v) is 13.0. The molecule has 0 aliphatic heterocycles. The number of primary amides is 1. The average molecular weight is 322 g/mol. The van der Waals surface area contributed by atoms with Gasteiger partial charge in [-0.3, -0.25) is 9.89 Å². The Morgan fingerprint density at radius 1 is 1.32 bits per heavy atom. The third-order valence-corrected chi connectivity index (χ3v) is 4.54. The third-order valence-electron chi connectivity index (χ3n) is 3.12. The van der Waals surface area contributed by atoms with Gasteiger partial charge in [-0.25, -0.2) is 13.1 Å². The molecule has 1 aromatic carbocycles. The summed E-state index contributed by atoms with van der Waals surface area (Å²) in [6, 6.07) is 8.67. The topological polar surface area (TPSA) is 118 Å². The van der Waals surface area contributed by atoms with Crippen LogP contribution >= 0.6 is 0 Å². The number of sulfonamides is 1. The van der Waals surface area contributed by atoms with E-state index < -0.39 is 15.9 Å². The van der Waals surface area contributed by atoms with Crippen molar-refractivity contribution in [3.63, 3.8) is 0 Å². The number of amides is 1. The van der Waals surface area contributed by atoms with Gasteiger partial charge in [-0.1, -0.05) is 43.7 Å². The molecule has 0 fully saturated rings. The molecule has 7 nitrogen and oxygen atoms in total. The average Bonchev–Trinajstić information content (AvgIpc) is 2.94. The molecule has 2 aromatic rings. The molecule has 0 radical (unpaired) electrons. The van der Waals surface area contributed by atoms with Gasteiger partial charge in [0.15, 0.2) is 10.7 Å². The van der Waals surface area contributed by atoms with Gasteiger partial charge < -0.3 is 5.73 Å². The number of carbonyl (C=O) groups excluding carboxylic acids is 1. The summed E-state index contributed by atoms with van der Waals surface area (Å²) in [5, 5.41) is 6.04. The molecule has 4 N–H and O–H groups in total. The van der Waals surface area contributed by atoms with Crippen LogP contribution in [0.3, 0.4) is 0 Å². The first kappa shape index (κ1) is 16.2. The van der Waals surface area contributed by atoms with Crippen molar-refractivity contribution in [2.45, 2.75) is 24.8 Å². The molecule has 1 amide bonds. The van der Waals surface area contributed by atoms with Gasteiger partial charge in [0.2, 0.25) is 0 Å². The fourth-order valence-corrected chi connectivity index (χ4v) is 3.23. The number of carbonyl (C=O) groups is 1. The standard InChI is InChI=1S/C14H18N4O3S/c1-2-3-9-16-22(20,21)14-11(10-7-5-4-6-8-10)12(13(15)19)17-18-14/h4-8,16H,2-3,9H2,1H3,(H2,15,19)(H,17,18). The number of H-pyrrole nitrogens is 1. The molecule has 0 aliphatic carbocycles. The number of nitrogens with one attached hydrogen (secondary N) is 2. The molecule has 0 spiro atoms. The molecule has 22 heavy (non-hydrogen) atoms. The van der Waals surface area contributed by atoms with E-state index in [1.165, 1.54) is 0 Å². The highest BCUT2D eigenvalue weighted by molar-refractivity contribution is 7.89. The smallest absolute Gasteiger partial charge is 0.269 e. The van der Waals surface area contributed by atoms with Crippen molar-refractivity contribution in [2.75, 3.05) is 6.54 Å². The van der Waals surface area contributed by atoms with Gasteiger partial charge in [0.25, 0.3) is 15.9 Å². The summed E-state index contributed by atoms with van der Waals surface area (Å²) in [4.78, 5) is 11.5. The van der Waals surface area contributed by atoms with E-state index in [1.54, 1.807) is 30.3 Å². The van der Waals surface area contributed by atoms with Crippen molar-refractivity contribution < 1.29 is 13.2 Å². The van der Waals surface area contributed by atoms with Crippen molar-refractivity contribution >= 4 is 15.9 Å². The molecule has 0 saturated carbocycles. The normalized spacial score (nSPS) is 11.5. The lowest BCUT2D eigenvalue weighted by atomic mass is 10.1. The third kappa shape index (κ3) is 3.34. The molecule has 8 heteroatoms. The second kappa shape index (κ2) is 6.71. The van der Waals surface area contributed by atoms with Crippen LogP contribution in [0.25, 0.3) is 11.1 Å². The summed E-state index contributed by atoms with van der Waals surface area (Å²) < 4.78 is 27.3. The number of hydrogen-bond donors (Lipinski definition) is 3. The Labute approximate surface area is 129 Å². The summed E-state index contributed by atoms with van der Waals surface area (Å²) in [7, 11) is -3.80. The lowest BCUT2D eigenvalue weighted by Crippen LogP contribution is -2.25. The molecule has 2 rings (SSSR count). The second-order valence-electron chi connectivity index (χ2n) is 4.76. The molecule has 0 saturated heterocycles.